The Morgan fingerprint density at radius 3 is 2.84 bits per heavy atom. The molecule has 5 nitrogen and oxygen atoms in total. The Morgan fingerprint density at radius 1 is 1.42 bits per heavy atom. The molecule has 0 amide bonds. The Labute approximate surface area is 121 Å². The fraction of sp³-hybridized carbons (Fsp3) is 0.538. The molecule has 1 rings (SSSR count). The number of rotatable bonds is 9. The predicted molar refractivity (Wildman–Crippen MR) is 80.4 cm³/mol. The molecule has 0 unspecified atom stereocenters. The minimum Gasteiger partial charge on any atom is -0.396 e. The van der Waals surface area contributed by atoms with Crippen LogP contribution in [0.1, 0.15) is 25.7 Å². The Bertz CT molecular complexity index is 460. The zero-order valence-electron chi connectivity index (χ0n) is 10.9. The lowest BCUT2D eigenvalue weighted by Gasteiger charge is -2.09. The van der Waals surface area contributed by atoms with Gasteiger partial charge in [0.2, 0.25) is 0 Å². The molecule has 0 aliphatic rings. The summed E-state index contributed by atoms with van der Waals surface area (Å²) in [6, 6.07) is 0. The summed E-state index contributed by atoms with van der Waals surface area (Å²) in [6.45, 7) is 5.03. The number of aliphatic hydroxyl groups is 1. The van der Waals surface area contributed by atoms with Gasteiger partial charge < -0.3 is 10.4 Å². The molecule has 0 saturated carbocycles. The SMILES string of the molecule is C=CCn1ncc(NCCCCCCO)c(Br)c1=O. The molecule has 0 spiro atoms. The first-order valence-electron chi connectivity index (χ1n) is 6.42. The summed E-state index contributed by atoms with van der Waals surface area (Å²) in [5.74, 6) is 0. The van der Waals surface area contributed by atoms with Crippen LogP contribution in [0.4, 0.5) is 5.69 Å². The minimum absolute atomic E-state index is 0.162. The highest BCUT2D eigenvalue weighted by atomic mass is 79.9. The van der Waals surface area contributed by atoms with E-state index in [1.165, 1.54) is 4.68 Å². The predicted octanol–water partition coefficient (Wildman–Crippen LogP) is 2.16. The average Bonchev–Trinajstić information content (AvgIpc) is 2.41. The Hall–Kier alpha value is -1.14. The Balaban J connectivity index is 2.48. The monoisotopic (exact) mass is 329 g/mol. The number of aliphatic hydroxyl groups excluding tert-OH is 1. The van der Waals surface area contributed by atoms with Gasteiger partial charge in [-0.1, -0.05) is 18.9 Å². The topological polar surface area (TPSA) is 67.2 Å². The molecule has 0 saturated heterocycles. The molecule has 0 fully saturated rings. The summed E-state index contributed by atoms with van der Waals surface area (Å²) >= 11 is 3.29. The summed E-state index contributed by atoms with van der Waals surface area (Å²) in [5, 5.41) is 15.9. The summed E-state index contributed by atoms with van der Waals surface area (Å²) in [5.41, 5.74) is 0.553. The van der Waals surface area contributed by atoms with Crippen LogP contribution in [-0.2, 0) is 6.54 Å². The molecule has 6 heteroatoms. The van der Waals surface area contributed by atoms with Crippen LogP contribution in [0.25, 0.3) is 0 Å². The maximum Gasteiger partial charge on any atom is 0.283 e. The quantitative estimate of drug-likeness (QED) is 0.538. The highest BCUT2D eigenvalue weighted by molar-refractivity contribution is 9.10. The fourth-order valence-electron chi connectivity index (χ4n) is 1.65. The number of unbranched alkanes of at least 4 members (excludes halogenated alkanes) is 3. The van der Waals surface area contributed by atoms with Crippen LogP contribution in [0.2, 0.25) is 0 Å². The average molecular weight is 330 g/mol. The van der Waals surface area contributed by atoms with Gasteiger partial charge in [0.25, 0.3) is 5.56 Å². The van der Waals surface area contributed by atoms with Gasteiger partial charge in [0.05, 0.1) is 18.4 Å². The zero-order chi connectivity index (χ0) is 14.1. The summed E-state index contributed by atoms with van der Waals surface area (Å²) < 4.78 is 1.85. The van der Waals surface area contributed by atoms with Crippen molar-refractivity contribution in [2.45, 2.75) is 32.2 Å². The van der Waals surface area contributed by atoms with E-state index in [4.69, 9.17) is 5.11 Å². The van der Waals surface area contributed by atoms with Crippen molar-refractivity contribution in [3.05, 3.63) is 33.7 Å². The Morgan fingerprint density at radius 2 is 2.16 bits per heavy atom. The molecule has 0 aromatic carbocycles. The highest BCUT2D eigenvalue weighted by Gasteiger charge is 2.07. The zero-order valence-corrected chi connectivity index (χ0v) is 12.5. The van der Waals surface area contributed by atoms with Gasteiger partial charge >= 0.3 is 0 Å². The lowest BCUT2D eigenvalue weighted by molar-refractivity contribution is 0.283. The van der Waals surface area contributed by atoms with E-state index in [0.717, 1.165) is 32.2 Å². The molecule has 106 valence electrons. The number of nitrogens with zero attached hydrogens (tertiary/aromatic N) is 2. The van der Waals surface area contributed by atoms with Crippen molar-refractivity contribution < 1.29 is 5.11 Å². The van der Waals surface area contributed by atoms with Gasteiger partial charge in [-0.15, -0.1) is 6.58 Å². The first-order valence-corrected chi connectivity index (χ1v) is 7.21. The van der Waals surface area contributed by atoms with E-state index in [-0.39, 0.29) is 12.2 Å². The summed E-state index contributed by atoms with van der Waals surface area (Å²) in [4.78, 5) is 11.9. The number of halogens is 1. The van der Waals surface area contributed by atoms with Crippen molar-refractivity contribution in [3.63, 3.8) is 0 Å². The maximum absolute atomic E-state index is 11.9. The summed E-state index contributed by atoms with van der Waals surface area (Å²) in [7, 11) is 0. The molecule has 1 aromatic rings. The molecular formula is C13H20BrN3O2. The van der Waals surface area contributed by atoms with Gasteiger partial charge in [-0.25, -0.2) is 4.68 Å². The number of hydrogen-bond acceptors (Lipinski definition) is 4. The number of anilines is 1. The van der Waals surface area contributed by atoms with Crippen LogP contribution in [0, 0.1) is 0 Å². The van der Waals surface area contributed by atoms with Crippen molar-refractivity contribution >= 4 is 21.6 Å². The molecule has 0 radical (unpaired) electrons. The first kappa shape index (κ1) is 15.9. The largest absolute Gasteiger partial charge is 0.396 e. The molecule has 0 atom stereocenters. The lowest BCUT2D eigenvalue weighted by Crippen LogP contribution is -2.24. The minimum atomic E-state index is -0.162. The lowest BCUT2D eigenvalue weighted by atomic mass is 10.2. The number of nitrogens with one attached hydrogen (secondary N) is 1. The van der Waals surface area contributed by atoms with Crippen molar-refractivity contribution in [1.29, 1.82) is 0 Å². The van der Waals surface area contributed by atoms with E-state index in [0.29, 0.717) is 16.7 Å². The third-order valence-electron chi connectivity index (χ3n) is 2.69. The smallest absolute Gasteiger partial charge is 0.283 e. The number of aromatic nitrogens is 2. The van der Waals surface area contributed by atoms with E-state index >= 15 is 0 Å². The van der Waals surface area contributed by atoms with E-state index < -0.39 is 0 Å². The summed E-state index contributed by atoms with van der Waals surface area (Å²) in [6.07, 6.45) is 7.22. The molecule has 0 bridgehead atoms. The molecule has 1 aromatic heterocycles. The second-order valence-electron chi connectivity index (χ2n) is 4.21. The van der Waals surface area contributed by atoms with Crippen LogP contribution in [0.3, 0.4) is 0 Å². The number of allylic oxidation sites excluding steroid dienone is 1. The van der Waals surface area contributed by atoms with Crippen LogP contribution >= 0.6 is 15.9 Å². The van der Waals surface area contributed by atoms with Crippen molar-refractivity contribution in [1.82, 2.24) is 9.78 Å². The van der Waals surface area contributed by atoms with Crippen LogP contribution in [0.15, 0.2) is 28.1 Å². The van der Waals surface area contributed by atoms with Gasteiger partial charge in [0.15, 0.2) is 0 Å². The van der Waals surface area contributed by atoms with E-state index in [9.17, 15) is 4.79 Å². The second kappa shape index (κ2) is 8.87. The maximum atomic E-state index is 11.9. The third-order valence-corrected chi connectivity index (χ3v) is 3.45. The molecule has 1 heterocycles. The fourth-order valence-corrected chi connectivity index (χ4v) is 2.10. The molecule has 0 aliphatic heterocycles. The number of hydrogen-bond donors (Lipinski definition) is 2. The second-order valence-corrected chi connectivity index (χ2v) is 5.01. The van der Waals surface area contributed by atoms with Crippen molar-refractivity contribution in [2.24, 2.45) is 0 Å². The van der Waals surface area contributed by atoms with Gasteiger partial charge in [-0.2, -0.15) is 5.10 Å². The van der Waals surface area contributed by atoms with Gasteiger partial charge in [-0.3, -0.25) is 4.79 Å². The van der Waals surface area contributed by atoms with Gasteiger partial charge in [0, 0.05) is 13.2 Å². The molecule has 0 aliphatic carbocycles. The standard InChI is InChI=1S/C13H20BrN3O2/c1-2-8-17-13(19)12(14)11(10-16-17)15-7-5-3-4-6-9-18/h2,10,15,18H,1,3-9H2. The molecular weight excluding hydrogens is 310 g/mol. The van der Waals surface area contributed by atoms with Crippen LogP contribution in [0.5, 0.6) is 0 Å². The van der Waals surface area contributed by atoms with Crippen molar-refractivity contribution in [3.8, 4) is 0 Å². The van der Waals surface area contributed by atoms with Gasteiger partial charge in [0.1, 0.15) is 4.47 Å². The van der Waals surface area contributed by atoms with Gasteiger partial charge in [-0.05, 0) is 28.8 Å². The van der Waals surface area contributed by atoms with E-state index in [2.05, 4.69) is 32.9 Å². The van der Waals surface area contributed by atoms with E-state index in [1.54, 1.807) is 12.3 Å². The van der Waals surface area contributed by atoms with Crippen LogP contribution < -0.4 is 10.9 Å². The van der Waals surface area contributed by atoms with Crippen molar-refractivity contribution in [2.75, 3.05) is 18.5 Å². The normalized spacial score (nSPS) is 10.4. The molecule has 2 N–H and O–H groups in total. The van der Waals surface area contributed by atoms with E-state index in [1.807, 2.05) is 0 Å². The highest BCUT2D eigenvalue weighted by Crippen LogP contribution is 2.16. The van der Waals surface area contributed by atoms with Crippen LogP contribution in [-0.4, -0.2) is 28.0 Å². The Kier molecular flexibility index (Phi) is 7.43. The third kappa shape index (κ3) is 5.16. The first-order chi connectivity index (χ1) is 9.20. The molecule has 19 heavy (non-hydrogen) atoms.